The first-order valence-electron chi connectivity index (χ1n) is 6.94. The molecule has 3 nitrogen and oxygen atoms in total. The summed E-state index contributed by atoms with van der Waals surface area (Å²) in [4.78, 5) is 11.4. The van der Waals surface area contributed by atoms with Gasteiger partial charge in [0.15, 0.2) is 5.82 Å². The average Bonchev–Trinajstić information content (AvgIpc) is 2.79. The van der Waals surface area contributed by atoms with Crippen LogP contribution < -0.4 is 4.90 Å². The van der Waals surface area contributed by atoms with E-state index in [2.05, 4.69) is 23.7 Å². The molecule has 1 aliphatic rings. The summed E-state index contributed by atoms with van der Waals surface area (Å²) in [5.41, 5.74) is 1.12. The van der Waals surface area contributed by atoms with Gasteiger partial charge in [0.25, 0.3) is 0 Å². The molecule has 1 aromatic carbocycles. The number of anilines is 1. The summed E-state index contributed by atoms with van der Waals surface area (Å²) in [5.74, 6) is 1.61. The number of rotatable bonds is 2. The van der Waals surface area contributed by atoms with Crippen LogP contribution in [0.1, 0.15) is 26.7 Å². The van der Waals surface area contributed by atoms with Gasteiger partial charge in [-0.2, -0.15) is 0 Å². The molecule has 0 bridgehead atoms. The van der Waals surface area contributed by atoms with Crippen LogP contribution in [-0.2, 0) is 0 Å². The highest BCUT2D eigenvalue weighted by molar-refractivity contribution is 6.29. The SMILES string of the molecule is CC1(C)CCCN1c1cc(Cl)nc(-c2ccccc2)n1. The minimum atomic E-state index is 0.131. The predicted molar refractivity (Wildman–Crippen MR) is 83.1 cm³/mol. The lowest BCUT2D eigenvalue weighted by molar-refractivity contribution is 0.514. The van der Waals surface area contributed by atoms with Crippen molar-refractivity contribution in [2.24, 2.45) is 0 Å². The second-order valence-electron chi connectivity index (χ2n) is 5.81. The molecular formula is C16H18ClN3. The van der Waals surface area contributed by atoms with Gasteiger partial charge in [0, 0.05) is 23.7 Å². The highest BCUT2D eigenvalue weighted by atomic mass is 35.5. The molecule has 1 aromatic heterocycles. The first kappa shape index (κ1) is 13.4. The van der Waals surface area contributed by atoms with E-state index in [-0.39, 0.29) is 5.54 Å². The van der Waals surface area contributed by atoms with Crippen molar-refractivity contribution in [3.63, 3.8) is 0 Å². The zero-order valence-corrected chi connectivity index (χ0v) is 12.6. The van der Waals surface area contributed by atoms with Gasteiger partial charge in [-0.25, -0.2) is 9.97 Å². The molecule has 2 heterocycles. The highest BCUT2D eigenvalue weighted by Gasteiger charge is 2.33. The second-order valence-corrected chi connectivity index (χ2v) is 6.19. The van der Waals surface area contributed by atoms with E-state index in [9.17, 15) is 0 Å². The summed E-state index contributed by atoms with van der Waals surface area (Å²) in [6, 6.07) is 11.8. The molecule has 0 atom stereocenters. The minimum absolute atomic E-state index is 0.131. The molecule has 0 unspecified atom stereocenters. The highest BCUT2D eigenvalue weighted by Crippen LogP contribution is 2.34. The molecule has 0 amide bonds. The molecule has 1 saturated heterocycles. The van der Waals surface area contributed by atoms with Gasteiger partial charge in [-0.1, -0.05) is 41.9 Å². The third-order valence-corrected chi connectivity index (χ3v) is 4.08. The van der Waals surface area contributed by atoms with Gasteiger partial charge < -0.3 is 4.90 Å². The quantitative estimate of drug-likeness (QED) is 0.776. The van der Waals surface area contributed by atoms with Crippen LogP contribution in [0, 0.1) is 0 Å². The number of hydrogen-bond acceptors (Lipinski definition) is 3. The van der Waals surface area contributed by atoms with Crippen molar-refractivity contribution in [1.82, 2.24) is 9.97 Å². The topological polar surface area (TPSA) is 29.0 Å². The van der Waals surface area contributed by atoms with Crippen molar-refractivity contribution in [2.45, 2.75) is 32.2 Å². The van der Waals surface area contributed by atoms with Crippen molar-refractivity contribution < 1.29 is 0 Å². The van der Waals surface area contributed by atoms with E-state index in [0.29, 0.717) is 11.0 Å². The standard InChI is InChI=1S/C16H18ClN3/c1-16(2)9-6-10-20(16)14-11-13(17)18-15(19-14)12-7-4-3-5-8-12/h3-5,7-8,11H,6,9-10H2,1-2H3. The Balaban J connectivity index is 2.04. The van der Waals surface area contributed by atoms with Crippen LogP contribution in [0.5, 0.6) is 0 Å². The Morgan fingerprint density at radius 1 is 1.15 bits per heavy atom. The van der Waals surface area contributed by atoms with Gasteiger partial charge in [0.2, 0.25) is 0 Å². The average molecular weight is 288 g/mol. The lowest BCUT2D eigenvalue weighted by Crippen LogP contribution is -2.38. The van der Waals surface area contributed by atoms with Crippen LogP contribution in [0.15, 0.2) is 36.4 Å². The Morgan fingerprint density at radius 3 is 2.55 bits per heavy atom. The van der Waals surface area contributed by atoms with E-state index in [1.807, 2.05) is 36.4 Å². The molecule has 4 heteroatoms. The van der Waals surface area contributed by atoms with E-state index in [4.69, 9.17) is 16.6 Å². The van der Waals surface area contributed by atoms with Crippen LogP contribution in [0.4, 0.5) is 5.82 Å². The van der Waals surface area contributed by atoms with Crippen LogP contribution in [-0.4, -0.2) is 22.1 Å². The lowest BCUT2D eigenvalue weighted by atomic mass is 10.0. The van der Waals surface area contributed by atoms with Crippen LogP contribution in [0.3, 0.4) is 0 Å². The summed E-state index contributed by atoms with van der Waals surface area (Å²) in [6.07, 6.45) is 2.37. The smallest absolute Gasteiger partial charge is 0.163 e. The summed E-state index contributed by atoms with van der Waals surface area (Å²) < 4.78 is 0. The zero-order chi connectivity index (χ0) is 14.2. The molecular weight excluding hydrogens is 270 g/mol. The van der Waals surface area contributed by atoms with Crippen LogP contribution in [0.25, 0.3) is 11.4 Å². The van der Waals surface area contributed by atoms with Crippen molar-refractivity contribution in [3.05, 3.63) is 41.6 Å². The fourth-order valence-corrected chi connectivity index (χ4v) is 2.97. The molecule has 0 N–H and O–H groups in total. The first-order valence-corrected chi connectivity index (χ1v) is 7.32. The first-order chi connectivity index (χ1) is 9.56. The van der Waals surface area contributed by atoms with E-state index >= 15 is 0 Å². The third kappa shape index (κ3) is 2.50. The molecule has 1 aliphatic heterocycles. The van der Waals surface area contributed by atoms with Gasteiger partial charge in [-0.05, 0) is 26.7 Å². The summed E-state index contributed by atoms with van der Waals surface area (Å²) in [5, 5.41) is 0.497. The minimum Gasteiger partial charge on any atom is -0.351 e. The van der Waals surface area contributed by atoms with Crippen molar-refractivity contribution >= 4 is 17.4 Å². The number of hydrogen-bond donors (Lipinski definition) is 0. The predicted octanol–water partition coefficient (Wildman–Crippen LogP) is 4.18. The van der Waals surface area contributed by atoms with Gasteiger partial charge in [-0.15, -0.1) is 0 Å². The maximum absolute atomic E-state index is 6.19. The third-order valence-electron chi connectivity index (χ3n) is 3.89. The fraction of sp³-hybridized carbons (Fsp3) is 0.375. The Morgan fingerprint density at radius 2 is 1.90 bits per heavy atom. The maximum Gasteiger partial charge on any atom is 0.163 e. The van der Waals surface area contributed by atoms with Crippen molar-refractivity contribution in [1.29, 1.82) is 0 Å². The molecule has 20 heavy (non-hydrogen) atoms. The Bertz CT molecular complexity index is 610. The second kappa shape index (κ2) is 5.06. The summed E-state index contributed by atoms with van der Waals surface area (Å²) in [7, 11) is 0. The lowest BCUT2D eigenvalue weighted by Gasteiger charge is -2.32. The molecule has 0 saturated carbocycles. The van der Waals surface area contributed by atoms with E-state index in [1.165, 1.54) is 12.8 Å². The van der Waals surface area contributed by atoms with Gasteiger partial charge in [0.1, 0.15) is 11.0 Å². The molecule has 0 aliphatic carbocycles. The molecule has 0 spiro atoms. The normalized spacial score (nSPS) is 17.4. The Labute approximate surface area is 124 Å². The molecule has 3 rings (SSSR count). The number of aromatic nitrogens is 2. The van der Waals surface area contributed by atoms with E-state index in [1.54, 1.807) is 0 Å². The molecule has 0 radical (unpaired) electrons. The van der Waals surface area contributed by atoms with E-state index < -0.39 is 0 Å². The molecule has 104 valence electrons. The summed E-state index contributed by atoms with van der Waals surface area (Å²) >= 11 is 6.19. The van der Waals surface area contributed by atoms with Crippen LogP contribution in [0.2, 0.25) is 5.15 Å². The Kier molecular flexibility index (Phi) is 3.38. The fourth-order valence-electron chi connectivity index (χ4n) is 2.79. The van der Waals surface area contributed by atoms with Crippen molar-refractivity contribution in [2.75, 3.05) is 11.4 Å². The van der Waals surface area contributed by atoms with Crippen LogP contribution >= 0.6 is 11.6 Å². The molecule has 1 fully saturated rings. The monoisotopic (exact) mass is 287 g/mol. The van der Waals surface area contributed by atoms with Gasteiger partial charge in [0.05, 0.1) is 0 Å². The maximum atomic E-state index is 6.19. The number of halogens is 1. The number of nitrogens with zero attached hydrogens (tertiary/aromatic N) is 3. The zero-order valence-electron chi connectivity index (χ0n) is 11.8. The van der Waals surface area contributed by atoms with Gasteiger partial charge >= 0.3 is 0 Å². The van der Waals surface area contributed by atoms with Gasteiger partial charge in [-0.3, -0.25) is 0 Å². The molecule has 2 aromatic rings. The Hall–Kier alpha value is -1.61. The number of benzene rings is 1. The van der Waals surface area contributed by atoms with Crippen molar-refractivity contribution in [3.8, 4) is 11.4 Å². The summed E-state index contributed by atoms with van der Waals surface area (Å²) in [6.45, 7) is 5.52. The van der Waals surface area contributed by atoms with E-state index in [0.717, 1.165) is 17.9 Å². The largest absolute Gasteiger partial charge is 0.351 e.